The molecule has 74 valence electrons. The van der Waals surface area contributed by atoms with Gasteiger partial charge in [0.1, 0.15) is 5.82 Å². The number of alkyl halides is 2. The lowest BCUT2D eigenvalue weighted by molar-refractivity contribution is 0.115. The number of nitriles is 1. The molecule has 0 fully saturated rings. The molecule has 0 amide bonds. The smallest absolute Gasteiger partial charge is 0.257 e. The third kappa shape index (κ3) is 2.03. The first-order chi connectivity index (χ1) is 6.56. The highest BCUT2D eigenvalue weighted by molar-refractivity contribution is 5.35. The summed E-state index contributed by atoms with van der Waals surface area (Å²) in [4.78, 5) is 0. The fraction of sp³-hybridized carbons (Fsp3) is 0.222. The van der Waals surface area contributed by atoms with Crippen molar-refractivity contribution >= 4 is 0 Å². The van der Waals surface area contributed by atoms with Crippen LogP contribution in [0.25, 0.3) is 0 Å². The van der Waals surface area contributed by atoms with Gasteiger partial charge in [-0.1, -0.05) is 0 Å². The minimum absolute atomic E-state index is 0.109. The van der Waals surface area contributed by atoms with Gasteiger partial charge in [-0.25, -0.2) is 13.2 Å². The second-order valence-corrected chi connectivity index (χ2v) is 2.71. The summed E-state index contributed by atoms with van der Waals surface area (Å²) in [6.45, 7) is 0. The molecule has 0 aliphatic rings. The van der Waals surface area contributed by atoms with Crippen molar-refractivity contribution in [1.82, 2.24) is 0 Å². The lowest BCUT2D eigenvalue weighted by Gasteiger charge is -2.11. The molecule has 1 aromatic rings. The van der Waals surface area contributed by atoms with Crippen LogP contribution in [0.2, 0.25) is 0 Å². The quantitative estimate of drug-likeness (QED) is 0.793. The van der Waals surface area contributed by atoms with Crippen molar-refractivity contribution in [2.45, 2.75) is 12.5 Å². The number of benzene rings is 1. The van der Waals surface area contributed by atoms with E-state index in [0.717, 1.165) is 12.1 Å². The molecule has 1 rings (SSSR count). The van der Waals surface area contributed by atoms with Gasteiger partial charge in [-0.05, 0) is 18.2 Å². The Morgan fingerprint density at radius 2 is 2.00 bits per heavy atom. The maximum absolute atomic E-state index is 13.0. The van der Waals surface area contributed by atoms with Gasteiger partial charge in [0.25, 0.3) is 6.43 Å². The second kappa shape index (κ2) is 4.11. The first-order valence-electron chi connectivity index (χ1n) is 3.79. The molecule has 0 unspecified atom stereocenters. The van der Waals surface area contributed by atoms with Crippen LogP contribution in [-0.2, 0) is 0 Å². The van der Waals surface area contributed by atoms with Crippen molar-refractivity contribution in [3.05, 3.63) is 35.1 Å². The maximum Gasteiger partial charge on any atom is 0.257 e. The van der Waals surface area contributed by atoms with Gasteiger partial charge in [-0.15, -0.1) is 0 Å². The zero-order chi connectivity index (χ0) is 10.7. The molecule has 1 aromatic carbocycles. The monoisotopic (exact) mass is 200 g/mol. The highest BCUT2D eigenvalue weighted by Crippen LogP contribution is 2.21. The standard InChI is InChI=1S/C9H7F3N2/c10-7-2-1-5(4-13)3-6(7)8(14)9(11)12/h1-3,8-9H,14H2/t8-/m1/s1. The van der Waals surface area contributed by atoms with Gasteiger partial charge in [-0.2, -0.15) is 5.26 Å². The van der Waals surface area contributed by atoms with Gasteiger partial charge in [-0.3, -0.25) is 0 Å². The molecule has 0 aliphatic carbocycles. The SMILES string of the molecule is N#Cc1ccc(F)c([C@@H](N)C(F)F)c1. The van der Waals surface area contributed by atoms with Crippen molar-refractivity contribution in [3.63, 3.8) is 0 Å². The van der Waals surface area contributed by atoms with E-state index in [1.807, 2.05) is 0 Å². The molecule has 2 N–H and O–H groups in total. The number of rotatable bonds is 2. The average molecular weight is 200 g/mol. The summed E-state index contributed by atoms with van der Waals surface area (Å²) in [6.07, 6.45) is -2.85. The van der Waals surface area contributed by atoms with Crippen LogP contribution in [0, 0.1) is 17.1 Å². The maximum atomic E-state index is 13.0. The van der Waals surface area contributed by atoms with Gasteiger partial charge in [0, 0.05) is 5.56 Å². The van der Waals surface area contributed by atoms with Gasteiger partial charge in [0.2, 0.25) is 0 Å². The van der Waals surface area contributed by atoms with Gasteiger partial charge in [0.05, 0.1) is 17.7 Å². The third-order valence-electron chi connectivity index (χ3n) is 1.76. The Morgan fingerprint density at radius 1 is 1.36 bits per heavy atom. The van der Waals surface area contributed by atoms with E-state index < -0.39 is 18.3 Å². The largest absolute Gasteiger partial charge is 0.319 e. The number of nitrogens with zero attached hydrogens (tertiary/aromatic N) is 1. The van der Waals surface area contributed by atoms with Crippen LogP contribution in [-0.4, -0.2) is 6.43 Å². The molecular formula is C9H7F3N2. The molecule has 0 radical (unpaired) electrons. The number of nitrogens with two attached hydrogens (primary N) is 1. The van der Waals surface area contributed by atoms with E-state index in [0.29, 0.717) is 0 Å². The molecule has 0 aliphatic heterocycles. The zero-order valence-electron chi connectivity index (χ0n) is 7.05. The molecule has 14 heavy (non-hydrogen) atoms. The minimum Gasteiger partial charge on any atom is -0.319 e. The first-order valence-corrected chi connectivity index (χ1v) is 3.79. The topological polar surface area (TPSA) is 49.8 Å². The van der Waals surface area contributed by atoms with Crippen LogP contribution in [0.5, 0.6) is 0 Å². The van der Waals surface area contributed by atoms with Crippen LogP contribution in [0.4, 0.5) is 13.2 Å². The van der Waals surface area contributed by atoms with Crippen molar-refractivity contribution in [2.24, 2.45) is 5.73 Å². The van der Waals surface area contributed by atoms with Gasteiger partial charge in [0.15, 0.2) is 0 Å². The first kappa shape index (κ1) is 10.5. The zero-order valence-corrected chi connectivity index (χ0v) is 7.05. The fourth-order valence-electron chi connectivity index (χ4n) is 1.00. The highest BCUT2D eigenvalue weighted by Gasteiger charge is 2.21. The number of hydrogen-bond acceptors (Lipinski definition) is 2. The Balaban J connectivity index is 3.13. The summed E-state index contributed by atoms with van der Waals surface area (Å²) in [5, 5.41) is 8.47. The van der Waals surface area contributed by atoms with Crippen molar-refractivity contribution in [3.8, 4) is 6.07 Å². The van der Waals surface area contributed by atoms with Crippen LogP contribution in [0.3, 0.4) is 0 Å². The van der Waals surface area contributed by atoms with Crippen LogP contribution in [0.15, 0.2) is 18.2 Å². The van der Waals surface area contributed by atoms with Crippen molar-refractivity contribution < 1.29 is 13.2 Å². The molecular weight excluding hydrogens is 193 g/mol. The van der Waals surface area contributed by atoms with Crippen LogP contribution >= 0.6 is 0 Å². The molecule has 0 saturated carbocycles. The van der Waals surface area contributed by atoms with Crippen molar-refractivity contribution in [2.75, 3.05) is 0 Å². The molecule has 2 nitrogen and oxygen atoms in total. The molecule has 0 spiro atoms. The Labute approximate surface area is 78.8 Å². The van der Waals surface area contributed by atoms with Crippen molar-refractivity contribution in [1.29, 1.82) is 5.26 Å². The van der Waals surface area contributed by atoms with E-state index in [1.165, 1.54) is 6.07 Å². The van der Waals surface area contributed by atoms with Gasteiger partial charge >= 0.3 is 0 Å². The molecule has 5 heteroatoms. The lowest BCUT2D eigenvalue weighted by atomic mass is 10.0. The molecule has 1 atom stereocenters. The van der Waals surface area contributed by atoms with Gasteiger partial charge < -0.3 is 5.73 Å². The summed E-state index contributed by atoms with van der Waals surface area (Å²) in [5.74, 6) is -0.822. The molecule has 0 saturated heterocycles. The number of hydrogen-bond donors (Lipinski definition) is 1. The summed E-state index contributed by atoms with van der Waals surface area (Å²) in [6, 6.07) is 3.22. The molecule has 0 heterocycles. The van der Waals surface area contributed by atoms with E-state index >= 15 is 0 Å². The fourth-order valence-corrected chi connectivity index (χ4v) is 1.00. The summed E-state index contributed by atoms with van der Waals surface area (Å²) >= 11 is 0. The average Bonchev–Trinajstić information content (AvgIpc) is 2.17. The minimum atomic E-state index is -2.85. The second-order valence-electron chi connectivity index (χ2n) is 2.71. The highest BCUT2D eigenvalue weighted by atomic mass is 19.3. The van der Waals surface area contributed by atoms with E-state index in [1.54, 1.807) is 6.07 Å². The summed E-state index contributed by atoms with van der Waals surface area (Å²) in [5.41, 5.74) is 4.84. The Morgan fingerprint density at radius 3 is 2.50 bits per heavy atom. The Hall–Kier alpha value is -1.54. The normalized spacial score (nSPS) is 12.6. The van der Waals surface area contributed by atoms with E-state index in [4.69, 9.17) is 11.0 Å². The van der Waals surface area contributed by atoms with E-state index in [9.17, 15) is 13.2 Å². The van der Waals surface area contributed by atoms with E-state index in [-0.39, 0.29) is 11.1 Å². The van der Waals surface area contributed by atoms with Crippen LogP contribution in [0.1, 0.15) is 17.2 Å². The predicted octanol–water partition coefficient (Wildman–Crippen LogP) is 1.96. The van der Waals surface area contributed by atoms with Crippen LogP contribution < -0.4 is 5.73 Å². The molecule has 0 aromatic heterocycles. The molecule has 0 bridgehead atoms. The third-order valence-corrected chi connectivity index (χ3v) is 1.76. The Kier molecular flexibility index (Phi) is 3.10. The summed E-state index contributed by atoms with van der Waals surface area (Å²) in [7, 11) is 0. The predicted molar refractivity (Wildman–Crippen MR) is 44.0 cm³/mol. The van der Waals surface area contributed by atoms with E-state index in [2.05, 4.69) is 0 Å². The summed E-state index contributed by atoms with van der Waals surface area (Å²) < 4.78 is 37.3. The Bertz CT molecular complexity index is 371. The number of halogens is 3. The lowest BCUT2D eigenvalue weighted by Crippen LogP contribution is -2.20.